The van der Waals surface area contributed by atoms with Crippen LogP contribution in [0.3, 0.4) is 0 Å². The van der Waals surface area contributed by atoms with Crippen molar-refractivity contribution in [2.75, 3.05) is 25.1 Å². The fourth-order valence-electron chi connectivity index (χ4n) is 3.17. The smallest absolute Gasteiger partial charge is 0.250 e. The Labute approximate surface area is 194 Å². The summed E-state index contributed by atoms with van der Waals surface area (Å²) >= 11 is 0. The van der Waals surface area contributed by atoms with Crippen LogP contribution in [-0.2, 0) is 4.74 Å². The van der Waals surface area contributed by atoms with E-state index in [1.54, 1.807) is 0 Å². The zero-order valence-corrected chi connectivity index (χ0v) is 18.6. The van der Waals surface area contributed by atoms with E-state index < -0.39 is 0 Å². The number of hydrogen-bond donors (Lipinski definition) is 1. The standard InChI is InChI=1S/C27H27N3O3/c1-2-31-20-12-19-28-24-26(32-22-15-8-4-9-16-22)29-25(21-13-6-3-7-14-21)30-27(24)33-23-17-10-5-11-18-23/h3-11,13-18,28H,2,12,19-20H2,1H3. The van der Waals surface area contributed by atoms with Crippen LogP contribution >= 0.6 is 0 Å². The molecule has 0 aliphatic carbocycles. The summed E-state index contributed by atoms with van der Waals surface area (Å²) in [6, 6.07) is 28.9. The van der Waals surface area contributed by atoms with Gasteiger partial charge in [-0.3, -0.25) is 0 Å². The van der Waals surface area contributed by atoms with Gasteiger partial charge < -0.3 is 19.5 Å². The van der Waals surface area contributed by atoms with Crippen molar-refractivity contribution < 1.29 is 14.2 Å². The average molecular weight is 442 g/mol. The van der Waals surface area contributed by atoms with E-state index in [0.29, 0.717) is 54.5 Å². The monoisotopic (exact) mass is 441 g/mol. The van der Waals surface area contributed by atoms with E-state index in [2.05, 4.69) is 5.32 Å². The molecule has 0 saturated carbocycles. The summed E-state index contributed by atoms with van der Waals surface area (Å²) in [4.78, 5) is 9.50. The van der Waals surface area contributed by atoms with Crippen LogP contribution in [0, 0.1) is 0 Å². The maximum atomic E-state index is 6.20. The third kappa shape index (κ3) is 6.30. The van der Waals surface area contributed by atoms with Gasteiger partial charge in [0, 0.05) is 25.3 Å². The van der Waals surface area contributed by atoms with E-state index in [1.807, 2.05) is 97.9 Å². The molecule has 4 aromatic rings. The minimum atomic E-state index is 0.400. The Bertz CT molecular complexity index is 1060. The van der Waals surface area contributed by atoms with Crippen molar-refractivity contribution in [3.05, 3.63) is 91.0 Å². The van der Waals surface area contributed by atoms with Gasteiger partial charge in [0.15, 0.2) is 11.5 Å². The van der Waals surface area contributed by atoms with Crippen molar-refractivity contribution in [2.45, 2.75) is 13.3 Å². The van der Waals surface area contributed by atoms with Gasteiger partial charge in [0.05, 0.1) is 0 Å². The summed E-state index contributed by atoms with van der Waals surface area (Å²) in [6.07, 6.45) is 0.823. The predicted molar refractivity (Wildman–Crippen MR) is 130 cm³/mol. The molecule has 0 fully saturated rings. The number of nitrogens with one attached hydrogen (secondary N) is 1. The second-order valence-corrected chi connectivity index (χ2v) is 7.21. The molecule has 0 aliphatic heterocycles. The summed E-state index contributed by atoms with van der Waals surface area (Å²) in [5.74, 6) is 2.68. The summed E-state index contributed by atoms with van der Waals surface area (Å²) in [5, 5.41) is 3.40. The first-order valence-corrected chi connectivity index (χ1v) is 11.1. The van der Waals surface area contributed by atoms with Crippen LogP contribution in [0.5, 0.6) is 23.3 Å². The number of para-hydroxylation sites is 2. The van der Waals surface area contributed by atoms with Crippen molar-refractivity contribution in [2.24, 2.45) is 0 Å². The topological polar surface area (TPSA) is 65.5 Å². The van der Waals surface area contributed by atoms with E-state index in [-0.39, 0.29) is 0 Å². The number of rotatable bonds is 11. The molecule has 0 spiro atoms. The van der Waals surface area contributed by atoms with Crippen LogP contribution in [0.4, 0.5) is 5.69 Å². The largest absolute Gasteiger partial charge is 0.437 e. The van der Waals surface area contributed by atoms with Crippen LogP contribution in [0.2, 0.25) is 0 Å². The fourth-order valence-corrected chi connectivity index (χ4v) is 3.17. The Morgan fingerprint density at radius 3 is 1.73 bits per heavy atom. The Balaban J connectivity index is 1.74. The third-order valence-electron chi connectivity index (χ3n) is 4.76. The SMILES string of the molecule is CCOCCCNc1c(Oc2ccccc2)nc(-c2ccccc2)nc1Oc1ccccc1. The maximum absolute atomic E-state index is 6.20. The van der Waals surface area contributed by atoms with E-state index in [1.165, 1.54) is 0 Å². The van der Waals surface area contributed by atoms with Crippen LogP contribution in [0.25, 0.3) is 11.4 Å². The van der Waals surface area contributed by atoms with Crippen LogP contribution in [-0.4, -0.2) is 29.7 Å². The normalized spacial score (nSPS) is 10.6. The number of nitrogens with zero attached hydrogens (tertiary/aromatic N) is 2. The highest BCUT2D eigenvalue weighted by Crippen LogP contribution is 2.38. The highest BCUT2D eigenvalue weighted by molar-refractivity contribution is 5.67. The number of benzene rings is 3. The highest BCUT2D eigenvalue weighted by atomic mass is 16.5. The molecule has 0 unspecified atom stereocenters. The Kier molecular flexibility index (Phi) is 7.87. The summed E-state index contributed by atoms with van der Waals surface area (Å²) in [7, 11) is 0. The number of ether oxygens (including phenoxy) is 3. The number of hydrogen-bond acceptors (Lipinski definition) is 6. The van der Waals surface area contributed by atoms with Crippen molar-refractivity contribution in [1.82, 2.24) is 9.97 Å². The molecule has 4 rings (SSSR count). The summed E-state index contributed by atoms with van der Waals surface area (Å²) in [6.45, 7) is 4.00. The zero-order valence-electron chi connectivity index (χ0n) is 18.6. The van der Waals surface area contributed by atoms with E-state index in [0.717, 1.165) is 12.0 Å². The predicted octanol–water partition coefficient (Wildman–Crippen LogP) is 6.57. The van der Waals surface area contributed by atoms with Gasteiger partial charge in [-0.25, -0.2) is 0 Å². The molecule has 1 heterocycles. The lowest BCUT2D eigenvalue weighted by molar-refractivity contribution is 0.147. The quantitative estimate of drug-likeness (QED) is 0.266. The van der Waals surface area contributed by atoms with Gasteiger partial charge >= 0.3 is 0 Å². The lowest BCUT2D eigenvalue weighted by atomic mass is 10.2. The average Bonchev–Trinajstić information content (AvgIpc) is 2.87. The zero-order chi connectivity index (χ0) is 22.7. The molecule has 0 bridgehead atoms. The second kappa shape index (κ2) is 11.6. The van der Waals surface area contributed by atoms with Crippen molar-refractivity contribution in [1.29, 1.82) is 0 Å². The lowest BCUT2D eigenvalue weighted by Crippen LogP contribution is -2.10. The molecule has 0 radical (unpaired) electrons. The summed E-state index contributed by atoms with van der Waals surface area (Å²) < 4.78 is 17.9. The Morgan fingerprint density at radius 2 is 1.21 bits per heavy atom. The highest BCUT2D eigenvalue weighted by Gasteiger charge is 2.19. The summed E-state index contributed by atoms with van der Waals surface area (Å²) in [5.41, 5.74) is 1.47. The van der Waals surface area contributed by atoms with Crippen LogP contribution in [0.1, 0.15) is 13.3 Å². The fraction of sp³-hybridized carbons (Fsp3) is 0.185. The molecule has 3 aromatic carbocycles. The molecule has 33 heavy (non-hydrogen) atoms. The molecule has 0 aliphatic rings. The van der Waals surface area contributed by atoms with Gasteiger partial charge in [-0.05, 0) is 37.6 Å². The number of aromatic nitrogens is 2. The molecular formula is C27H27N3O3. The minimum Gasteiger partial charge on any atom is -0.437 e. The van der Waals surface area contributed by atoms with Crippen molar-refractivity contribution >= 4 is 5.69 Å². The third-order valence-corrected chi connectivity index (χ3v) is 4.76. The minimum absolute atomic E-state index is 0.400. The van der Waals surface area contributed by atoms with Crippen molar-refractivity contribution in [3.8, 4) is 34.6 Å². The van der Waals surface area contributed by atoms with Crippen LogP contribution in [0.15, 0.2) is 91.0 Å². The molecule has 168 valence electrons. The van der Waals surface area contributed by atoms with Gasteiger partial charge in [-0.1, -0.05) is 66.7 Å². The molecule has 0 amide bonds. The second-order valence-electron chi connectivity index (χ2n) is 7.21. The first kappa shape index (κ1) is 22.3. The number of anilines is 1. The van der Waals surface area contributed by atoms with E-state index >= 15 is 0 Å². The Hall–Kier alpha value is -3.90. The molecule has 6 heteroatoms. The van der Waals surface area contributed by atoms with Gasteiger partial charge in [0.1, 0.15) is 11.5 Å². The van der Waals surface area contributed by atoms with Crippen molar-refractivity contribution in [3.63, 3.8) is 0 Å². The molecule has 1 N–H and O–H groups in total. The molecule has 0 saturated heterocycles. The Morgan fingerprint density at radius 1 is 0.697 bits per heavy atom. The molecule has 6 nitrogen and oxygen atoms in total. The van der Waals surface area contributed by atoms with Gasteiger partial charge in [0.25, 0.3) is 11.8 Å². The lowest BCUT2D eigenvalue weighted by Gasteiger charge is -2.17. The van der Waals surface area contributed by atoms with E-state index in [4.69, 9.17) is 24.2 Å². The van der Waals surface area contributed by atoms with Gasteiger partial charge in [-0.2, -0.15) is 9.97 Å². The first-order chi connectivity index (χ1) is 16.3. The maximum Gasteiger partial charge on any atom is 0.250 e. The van der Waals surface area contributed by atoms with Crippen LogP contribution < -0.4 is 14.8 Å². The van der Waals surface area contributed by atoms with E-state index in [9.17, 15) is 0 Å². The molecule has 0 atom stereocenters. The molecule has 1 aromatic heterocycles. The van der Waals surface area contributed by atoms with Gasteiger partial charge in [-0.15, -0.1) is 0 Å². The van der Waals surface area contributed by atoms with Gasteiger partial charge in [0.2, 0.25) is 0 Å². The first-order valence-electron chi connectivity index (χ1n) is 11.1. The molecular weight excluding hydrogens is 414 g/mol.